The van der Waals surface area contributed by atoms with Crippen molar-refractivity contribution in [2.45, 2.75) is 39.2 Å². The highest BCUT2D eigenvalue weighted by Gasteiger charge is 2.24. The van der Waals surface area contributed by atoms with Gasteiger partial charge in [0.05, 0.1) is 11.1 Å². The molecule has 0 aliphatic carbocycles. The number of anilines is 1. The molecule has 9 heteroatoms. The lowest BCUT2D eigenvalue weighted by atomic mass is 10.2. The maximum absolute atomic E-state index is 13.8. The maximum Gasteiger partial charge on any atom is 0.324 e. The molecule has 6 nitrogen and oxygen atoms in total. The van der Waals surface area contributed by atoms with E-state index in [9.17, 15) is 8.78 Å². The number of piperazine rings is 1. The second kappa shape index (κ2) is 9.17. The van der Waals surface area contributed by atoms with E-state index in [1.165, 1.54) is 0 Å². The van der Waals surface area contributed by atoms with Gasteiger partial charge < -0.3 is 14.2 Å². The van der Waals surface area contributed by atoms with Crippen LogP contribution >= 0.6 is 15.9 Å². The van der Waals surface area contributed by atoms with Crippen LogP contribution in [0.3, 0.4) is 0 Å². The lowest BCUT2D eigenvalue weighted by molar-refractivity contribution is 0.162. The van der Waals surface area contributed by atoms with E-state index >= 15 is 0 Å². The van der Waals surface area contributed by atoms with Crippen molar-refractivity contribution >= 4 is 21.9 Å². The highest BCUT2D eigenvalue weighted by atomic mass is 79.9. The second-order valence-corrected chi connectivity index (χ2v) is 8.15. The van der Waals surface area contributed by atoms with E-state index in [0.29, 0.717) is 12.6 Å². The van der Waals surface area contributed by atoms with E-state index < -0.39 is 11.6 Å². The van der Waals surface area contributed by atoms with E-state index in [0.717, 1.165) is 50.6 Å². The fourth-order valence-corrected chi connectivity index (χ4v) is 3.40. The van der Waals surface area contributed by atoms with Crippen molar-refractivity contribution in [3.05, 3.63) is 34.1 Å². The molecule has 0 N–H and O–H groups in total. The van der Waals surface area contributed by atoms with Gasteiger partial charge in [-0.3, -0.25) is 4.90 Å². The van der Waals surface area contributed by atoms with Gasteiger partial charge in [-0.2, -0.15) is 4.98 Å². The molecule has 1 atom stereocenters. The van der Waals surface area contributed by atoms with Crippen molar-refractivity contribution in [2.24, 2.45) is 0 Å². The molecule has 3 rings (SSSR count). The highest BCUT2D eigenvalue weighted by Crippen LogP contribution is 2.25. The molecule has 28 heavy (non-hydrogen) atoms. The first-order chi connectivity index (χ1) is 13.3. The Morgan fingerprint density at radius 3 is 2.50 bits per heavy atom. The molecule has 1 fully saturated rings. The standard InChI is InChI=1S/C19H25BrF2N4O2/c1-12(2)18-23-19(28-24-18)26-7-5-25(6-8-26)13(3)4-9-27-17-11-15(21)14(20)10-16(17)22/h10-13H,4-9H2,1-3H3. The van der Waals surface area contributed by atoms with Crippen molar-refractivity contribution in [2.75, 3.05) is 37.7 Å². The van der Waals surface area contributed by atoms with E-state index in [1.807, 2.05) is 13.8 Å². The van der Waals surface area contributed by atoms with Crippen molar-refractivity contribution in [1.29, 1.82) is 0 Å². The number of hydrogen-bond acceptors (Lipinski definition) is 6. The first-order valence-electron chi connectivity index (χ1n) is 9.45. The molecule has 0 amide bonds. The summed E-state index contributed by atoms with van der Waals surface area (Å²) in [6, 6.07) is 2.99. The summed E-state index contributed by atoms with van der Waals surface area (Å²) in [6.45, 7) is 9.83. The Labute approximate surface area is 172 Å². The number of halogens is 3. The zero-order valence-corrected chi connectivity index (χ0v) is 17.9. The van der Waals surface area contributed by atoms with Crippen LogP contribution in [0.15, 0.2) is 21.1 Å². The minimum atomic E-state index is -0.574. The van der Waals surface area contributed by atoms with Crippen molar-refractivity contribution < 1.29 is 18.0 Å². The van der Waals surface area contributed by atoms with Gasteiger partial charge in [0.15, 0.2) is 17.4 Å². The summed E-state index contributed by atoms with van der Waals surface area (Å²) in [4.78, 5) is 8.89. The Morgan fingerprint density at radius 2 is 1.86 bits per heavy atom. The number of ether oxygens (including phenoxy) is 1. The van der Waals surface area contributed by atoms with Gasteiger partial charge in [0.25, 0.3) is 0 Å². The first kappa shape index (κ1) is 21.0. The van der Waals surface area contributed by atoms with Crippen molar-refractivity contribution in [1.82, 2.24) is 15.0 Å². The Kier molecular flexibility index (Phi) is 6.87. The molecule has 1 aliphatic rings. The number of aromatic nitrogens is 2. The number of benzene rings is 1. The summed E-state index contributed by atoms with van der Waals surface area (Å²) in [5.74, 6) is -0.213. The van der Waals surface area contributed by atoms with Crippen LogP contribution in [0, 0.1) is 11.6 Å². The minimum absolute atomic E-state index is 0.0601. The zero-order valence-electron chi connectivity index (χ0n) is 16.3. The number of nitrogens with zero attached hydrogens (tertiary/aromatic N) is 4. The largest absolute Gasteiger partial charge is 0.490 e. The van der Waals surface area contributed by atoms with Crippen LogP contribution in [0.25, 0.3) is 0 Å². The molecule has 0 radical (unpaired) electrons. The SMILES string of the molecule is CC(C)c1noc(N2CCN(C(C)CCOc3cc(F)c(Br)cc3F)CC2)n1. The smallest absolute Gasteiger partial charge is 0.324 e. The van der Waals surface area contributed by atoms with Gasteiger partial charge in [-0.25, -0.2) is 8.78 Å². The van der Waals surface area contributed by atoms with Crippen LogP contribution in [0.1, 0.15) is 38.9 Å². The number of rotatable bonds is 7. The predicted octanol–water partition coefficient (Wildman–Crippen LogP) is 4.21. The van der Waals surface area contributed by atoms with E-state index in [4.69, 9.17) is 9.26 Å². The molecule has 0 bridgehead atoms. The molecule has 1 saturated heterocycles. The molecule has 1 aromatic carbocycles. The third-order valence-electron chi connectivity index (χ3n) is 4.92. The Morgan fingerprint density at radius 1 is 1.14 bits per heavy atom. The van der Waals surface area contributed by atoms with Crippen LogP contribution < -0.4 is 9.64 Å². The summed E-state index contributed by atoms with van der Waals surface area (Å²) >= 11 is 2.96. The maximum atomic E-state index is 13.8. The van der Waals surface area contributed by atoms with E-state index in [1.54, 1.807) is 0 Å². The number of hydrogen-bond donors (Lipinski definition) is 0. The monoisotopic (exact) mass is 458 g/mol. The normalized spacial score (nSPS) is 16.6. The molecule has 0 spiro atoms. The molecule has 2 heterocycles. The molecular formula is C19H25BrF2N4O2. The molecule has 2 aromatic rings. The quantitative estimate of drug-likeness (QED) is 0.579. The van der Waals surface area contributed by atoms with Gasteiger partial charge in [0, 0.05) is 44.2 Å². The van der Waals surface area contributed by atoms with Crippen molar-refractivity contribution in [3.63, 3.8) is 0 Å². The summed E-state index contributed by atoms with van der Waals surface area (Å²) in [5.41, 5.74) is 0. The van der Waals surface area contributed by atoms with Gasteiger partial charge in [0.2, 0.25) is 0 Å². The fraction of sp³-hybridized carbons (Fsp3) is 0.579. The molecule has 1 aromatic heterocycles. The van der Waals surface area contributed by atoms with Crippen molar-refractivity contribution in [3.8, 4) is 5.75 Å². The van der Waals surface area contributed by atoms with Gasteiger partial charge in [-0.1, -0.05) is 19.0 Å². The second-order valence-electron chi connectivity index (χ2n) is 7.30. The topological polar surface area (TPSA) is 54.6 Å². The first-order valence-corrected chi connectivity index (χ1v) is 10.2. The van der Waals surface area contributed by atoms with Crippen LogP contribution in [-0.2, 0) is 0 Å². The van der Waals surface area contributed by atoms with Crippen LogP contribution in [0.5, 0.6) is 5.75 Å². The lowest BCUT2D eigenvalue weighted by Gasteiger charge is -2.37. The van der Waals surface area contributed by atoms with Crippen LogP contribution in [0.4, 0.5) is 14.8 Å². The minimum Gasteiger partial charge on any atom is -0.490 e. The lowest BCUT2D eigenvalue weighted by Crippen LogP contribution is -2.50. The van der Waals surface area contributed by atoms with Crippen LogP contribution in [-0.4, -0.2) is 53.9 Å². The van der Waals surface area contributed by atoms with E-state index in [2.05, 4.69) is 42.8 Å². The predicted molar refractivity (Wildman–Crippen MR) is 106 cm³/mol. The Balaban J connectivity index is 1.45. The molecular weight excluding hydrogens is 434 g/mol. The van der Waals surface area contributed by atoms with E-state index in [-0.39, 0.29) is 22.2 Å². The summed E-state index contributed by atoms with van der Waals surface area (Å²) < 4.78 is 38.2. The molecule has 154 valence electrons. The van der Waals surface area contributed by atoms with Gasteiger partial charge >= 0.3 is 6.01 Å². The van der Waals surface area contributed by atoms with Crippen LogP contribution in [0.2, 0.25) is 0 Å². The summed E-state index contributed by atoms with van der Waals surface area (Å²) in [6.07, 6.45) is 0.717. The van der Waals surface area contributed by atoms with Gasteiger partial charge in [0.1, 0.15) is 5.82 Å². The average Bonchev–Trinajstić information content (AvgIpc) is 3.16. The molecule has 0 saturated carbocycles. The Hall–Kier alpha value is -1.74. The molecule has 1 unspecified atom stereocenters. The van der Waals surface area contributed by atoms with Gasteiger partial charge in [-0.05, 0) is 35.3 Å². The van der Waals surface area contributed by atoms with Gasteiger partial charge in [-0.15, -0.1) is 0 Å². The average molecular weight is 459 g/mol. The third kappa shape index (κ3) is 5.00. The Bertz CT molecular complexity index is 794. The fourth-order valence-electron chi connectivity index (χ4n) is 3.08. The summed E-state index contributed by atoms with van der Waals surface area (Å²) in [7, 11) is 0. The summed E-state index contributed by atoms with van der Waals surface area (Å²) in [5, 5.41) is 4.01. The molecule has 1 aliphatic heterocycles. The highest BCUT2D eigenvalue weighted by molar-refractivity contribution is 9.10. The third-order valence-corrected chi connectivity index (χ3v) is 5.53. The zero-order chi connectivity index (χ0) is 20.3.